The van der Waals surface area contributed by atoms with Crippen LogP contribution in [0.4, 0.5) is 0 Å². The first-order valence-electron chi connectivity index (χ1n) is 9.77. The Labute approximate surface area is 175 Å². The van der Waals surface area contributed by atoms with Gasteiger partial charge in [-0.15, -0.1) is 0 Å². The Morgan fingerprint density at radius 1 is 1.00 bits per heavy atom. The molecule has 0 saturated heterocycles. The Kier molecular flexibility index (Phi) is 6.06. The second-order valence-corrected chi connectivity index (χ2v) is 6.99. The van der Waals surface area contributed by atoms with Gasteiger partial charge in [-0.3, -0.25) is 4.79 Å². The van der Waals surface area contributed by atoms with Crippen LogP contribution in [0.25, 0.3) is 5.69 Å². The van der Waals surface area contributed by atoms with E-state index in [1.807, 2.05) is 73.7 Å². The van der Waals surface area contributed by atoms with Crippen molar-refractivity contribution in [3.8, 4) is 5.69 Å². The van der Waals surface area contributed by atoms with Gasteiger partial charge in [0.15, 0.2) is 5.69 Å². The third kappa shape index (κ3) is 4.85. The van der Waals surface area contributed by atoms with E-state index in [2.05, 4.69) is 10.4 Å². The van der Waals surface area contributed by atoms with Crippen molar-refractivity contribution in [2.75, 3.05) is 0 Å². The Bertz CT molecular complexity index is 1100. The molecule has 0 aliphatic carbocycles. The summed E-state index contributed by atoms with van der Waals surface area (Å²) in [6.45, 7) is 3.26. The van der Waals surface area contributed by atoms with Gasteiger partial charge in [-0.1, -0.05) is 42.5 Å². The van der Waals surface area contributed by atoms with Gasteiger partial charge >= 0.3 is 0 Å². The molecule has 0 unspecified atom stereocenters. The molecule has 6 heteroatoms. The van der Waals surface area contributed by atoms with E-state index in [9.17, 15) is 4.79 Å². The predicted molar refractivity (Wildman–Crippen MR) is 113 cm³/mol. The third-order valence-corrected chi connectivity index (χ3v) is 4.66. The summed E-state index contributed by atoms with van der Waals surface area (Å²) in [5.74, 6) is 0.593. The monoisotopic (exact) mass is 401 g/mol. The zero-order chi connectivity index (χ0) is 20.8. The maximum Gasteiger partial charge on any atom is 0.272 e. The number of amides is 1. The lowest BCUT2D eigenvalue weighted by atomic mass is 10.1. The highest BCUT2D eigenvalue weighted by Gasteiger charge is 2.13. The van der Waals surface area contributed by atoms with Crippen molar-refractivity contribution in [2.45, 2.75) is 26.7 Å². The molecule has 2 heterocycles. The summed E-state index contributed by atoms with van der Waals surface area (Å²) >= 11 is 0. The van der Waals surface area contributed by atoms with Crippen LogP contribution in [0.1, 0.15) is 33.1 Å². The van der Waals surface area contributed by atoms with Crippen LogP contribution in [-0.2, 0) is 24.5 Å². The van der Waals surface area contributed by atoms with Crippen molar-refractivity contribution in [1.82, 2.24) is 15.1 Å². The van der Waals surface area contributed by atoms with Gasteiger partial charge in [-0.25, -0.2) is 4.68 Å². The number of hydrogen-bond donors (Lipinski definition) is 1. The van der Waals surface area contributed by atoms with E-state index in [0.717, 1.165) is 28.3 Å². The number of nitrogens with zero attached hydrogens (tertiary/aromatic N) is 2. The molecule has 0 spiro atoms. The Morgan fingerprint density at radius 3 is 2.63 bits per heavy atom. The molecular formula is C24H23N3O3. The number of para-hydroxylation sites is 1. The standard InChI is InChI=1S/C24H23N3O3/c1-18-13-23(26-27(18)21-9-3-2-4-10-21)24(28)25-15-19-7-5-8-20(14-19)16-29-17-22-11-6-12-30-22/h2-14H,15-17H2,1H3,(H,25,28). The first-order chi connectivity index (χ1) is 14.7. The minimum Gasteiger partial charge on any atom is -0.467 e. The molecule has 2 aromatic heterocycles. The average Bonchev–Trinajstić information content (AvgIpc) is 3.43. The van der Waals surface area contributed by atoms with Gasteiger partial charge < -0.3 is 14.5 Å². The quantitative estimate of drug-likeness (QED) is 0.474. The number of nitrogens with one attached hydrogen (secondary N) is 1. The topological polar surface area (TPSA) is 69.3 Å². The van der Waals surface area contributed by atoms with Crippen LogP contribution in [-0.4, -0.2) is 15.7 Å². The van der Waals surface area contributed by atoms with E-state index >= 15 is 0 Å². The van der Waals surface area contributed by atoms with E-state index < -0.39 is 0 Å². The first kappa shape index (κ1) is 19.7. The third-order valence-electron chi connectivity index (χ3n) is 4.66. The van der Waals surface area contributed by atoms with E-state index in [4.69, 9.17) is 9.15 Å². The number of rotatable bonds is 8. The fraction of sp³-hybridized carbons (Fsp3) is 0.167. The van der Waals surface area contributed by atoms with Gasteiger partial charge in [-0.05, 0) is 48.4 Å². The van der Waals surface area contributed by atoms with Gasteiger partial charge in [0.1, 0.15) is 12.4 Å². The number of aromatic nitrogens is 2. The Balaban J connectivity index is 1.34. The fourth-order valence-corrected chi connectivity index (χ4v) is 3.18. The normalized spacial score (nSPS) is 10.8. The summed E-state index contributed by atoms with van der Waals surface area (Å²) in [5, 5.41) is 7.39. The minimum absolute atomic E-state index is 0.202. The molecule has 152 valence electrons. The van der Waals surface area contributed by atoms with Crippen LogP contribution < -0.4 is 5.32 Å². The molecule has 0 bridgehead atoms. The van der Waals surface area contributed by atoms with Gasteiger partial charge in [0.2, 0.25) is 0 Å². The van der Waals surface area contributed by atoms with Crippen molar-refractivity contribution in [3.63, 3.8) is 0 Å². The first-order valence-corrected chi connectivity index (χ1v) is 9.77. The minimum atomic E-state index is -0.202. The molecule has 0 aliphatic heterocycles. The smallest absolute Gasteiger partial charge is 0.272 e. The SMILES string of the molecule is Cc1cc(C(=O)NCc2cccc(COCc3ccco3)c2)nn1-c1ccccc1. The van der Waals surface area contributed by atoms with Crippen molar-refractivity contribution in [1.29, 1.82) is 0 Å². The number of ether oxygens (including phenoxy) is 1. The van der Waals surface area contributed by atoms with Crippen molar-refractivity contribution < 1.29 is 13.9 Å². The molecule has 0 atom stereocenters. The molecule has 30 heavy (non-hydrogen) atoms. The summed E-state index contributed by atoms with van der Waals surface area (Å²) < 4.78 is 12.7. The van der Waals surface area contributed by atoms with Crippen LogP contribution in [0.2, 0.25) is 0 Å². The van der Waals surface area contributed by atoms with Crippen molar-refractivity contribution in [2.24, 2.45) is 0 Å². The molecule has 1 N–H and O–H groups in total. The molecule has 4 rings (SSSR count). The average molecular weight is 401 g/mol. The lowest BCUT2D eigenvalue weighted by Crippen LogP contribution is -2.23. The second-order valence-electron chi connectivity index (χ2n) is 6.99. The van der Waals surface area contributed by atoms with Crippen LogP contribution >= 0.6 is 0 Å². The molecule has 2 aromatic carbocycles. The highest BCUT2D eigenvalue weighted by Crippen LogP contribution is 2.13. The summed E-state index contributed by atoms with van der Waals surface area (Å²) in [5.41, 5.74) is 4.27. The van der Waals surface area contributed by atoms with Crippen molar-refractivity contribution in [3.05, 3.63) is 107 Å². The van der Waals surface area contributed by atoms with E-state index in [-0.39, 0.29) is 5.91 Å². The molecule has 0 saturated carbocycles. The van der Waals surface area contributed by atoms with Gasteiger partial charge in [0.25, 0.3) is 5.91 Å². The summed E-state index contributed by atoms with van der Waals surface area (Å²) in [6.07, 6.45) is 1.63. The number of benzene rings is 2. The summed E-state index contributed by atoms with van der Waals surface area (Å²) in [7, 11) is 0. The van der Waals surface area contributed by atoms with Gasteiger partial charge in [0, 0.05) is 12.2 Å². The van der Waals surface area contributed by atoms with E-state index in [1.165, 1.54) is 0 Å². The molecular weight excluding hydrogens is 378 g/mol. The summed E-state index contributed by atoms with van der Waals surface area (Å²) in [6, 6.07) is 23.2. The second kappa shape index (κ2) is 9.24. The van der Waals surface area contributed by atoms with Crippen molar-refractivity contribution >= 4 is 5.91 Å². The Morgan fingerprint density at radius 2 is 1.83 bits per heavy atom. The predicted octanol–water partition coefficient (Wildman–Crippen LogP) is 4.42. The highest BCUT2D eigenvalue weighted by atomic mass is 16.5. The molecule has 1 amide bonds. The Hall–Kier alpha value is -3.64. The molecule has 0 aliphatic rings. The van der Waals surface area contributed by atoms with E-state index in [0.29, 0.717) is 25.5 Å². The summed E-state index contributed by atoms with van der Waals surface area (Å²) in [4.78, 5) is 12.6. The number of hydrogen-bond acceptors (Lipinski definition) is 4. The lowest BCUT2D eigenvalue weighted by molar-refractivity contribution is 0.0928. The van der Waals surface area contributed by atoms with Gasteiger partial charge in [0.05, 0.1) is 18.6 Å². The van der Waals surface area contributed by atoms with E-state index in [1.54, 1.807) is 17.0 Å². The molecule has 6 nitrogen and oxygen atoms in total. The zero-order valence-corrected chi connectivity index (χ0v) is 16.7. The molecule has 0 radical (unpaired) electrons. The van der Waals surface area contributed by atoms with Crippen LogP contribution in [0.15, 0.2) is 83.5 Å². The maximum absolute atomic E-state index is 12.6. The van der Waals surface area contributed by atoms with Crippen LogP contribution in [0.3, 0.4) is 0 Å². The fourth-order valence-electron chi connectivity index (χ4n) is 3.18. The number of carbonyl (C=O) groups is 1. The van der Waals surface area contributed by atoms with Crippen LogP contribution in [0.5, 0.6) is 0 Å². The van der Waals surface area contributed by atoms with Crippen LogP contribution in [0, 0.1) is 6.92 Å². The largest absolute Gasteiger partial charge is 0.467 e. The van der Waals surface area contributed by atoms with Gasteiger partial charge in [-0.2, -0.15) is 5.10 Å². The molecule has 4 aromatic rings. The number of carbonyl (C=O) groups excluding carboxylic acids is 1. The molecule has 0 fully saturated rings. The highest BCUT2D eigenvalue weighted by molar-refractivity contribution is 5.92. The number of aryl methyl sites for hydroxylation is 1. The lowest BCUT2D eigenvalue weighted by Gasteiger charge is -2.07. The maximum atomic E-state index is 12.6. The number of furan rings is 1. The zero-order valence-electron chi connectivity index (χ0n) is 16.7.